The zero-order valence-electron chi connectivity index (χ0n) is 40.2. The molecule has 0 aromatic carbocycles. The number of rotatable bonds is 31. The van der Waals surface area contributed by atoms with E-state index >= 15 is 0 Å². The van der Waals surface area contributed by atoms with Crippen LogP contribution >= 0.6 is 0 Å². The minimum Gasteiger partial charge on any atom is -0.481 e. The van der Waals surface area contributed by atoms with Gasteiger partial charge >= 0.3 is 5.97 Å². The van der Waals surface area contributed by atoms with Crippen molar-refractivity contribution in [2.24, 2.45) is 28.1 Å². The first-order valence-electron chi connectivity index (χ1n) is 23.1. The summed E-state index contributed by atoms with van der Waals surface area (Å²) in [5.41, 5.74) is 17.3. The van der Waals surface area contributed by atoms with Crippen molar-refractivity contribution in [1.29, 1.82) is 0 Å². The number of pyridine rings is 1. The minimum absolute atomic E-state index is 0.0357. The van der Waals surface area contributed by atoms with Crippen LogP contribution in [0.4, 0.5) is 0 Å². The van der Waals surface area contributed by atoms with Crippen molar-refractivity contribution in [2.75, 3.05) is 39.8 Å². The number of amides is 9. The van der Waals surface area contributed by atoms with Gasteiger partial charge in [0.25, 0.3) is 0 Å². The maximum Gasteiger partial charge on any atom is 0.305 e. The monoisotopic (exact) mass is 973 g/mol. The van der Waals surface area contributed by atoms with E-state index in [0.717, 1.165) is 5.56 Å². The zero-order valence-corrected chi connectivity index (χ0v) is 40.2. The van der Waals surface area contributed by atoms with Crippen LogP contribution in [0.25, 0.3) is 0 Å². The normalized spacial score (nSPS) is 15.3. The summed E-state index contributed by atoms with van der Waals surface area (Å²) in [6.07, 6.45) is 5.11. The lowest BCUT2D eigenvalue weighted by atomic mass is 10.0. The molecule has 69 heavy (non-hydrogen) atoms. The highest BCUT2D eigenvalue weighted by molar-refractivity contribution is 5.97. The summed E-state index contributed by atoms with van der Waals surface area (Å²) >= 11 is 0. The number of hydrogen-bond donors (Lipinski definition) is 11. The number of guanidine groups is 1. The van der Waals surface area contributed by atoms with Gasteiger partial charge in [0.15, 0.2) is 5.96 Å². The van der Waals surface area contributed by atoms with Gasteiger partial charge in [-0.05, 0) is 95.4 Å². The summed E-state index contributed by atoms with van der Waals surface area (Å²) in [5.74, 6) is -7.43. The highest BCUT2D eigenvalue weighted by atomic mass is 16.4. The van der Waals surface area contributed by atoms with Crippen LogP contribution in [0.15, 0.2) is 29.5 Å². The Hall–Kier alpha value is -6.92. The van der Waals surface area contributed by atoms with Crippen LogP contribution in [0.2, 0.25) is 0 Å². The highest BCUT2D eigenvalue weighted by Gasteiger charge is 2.41. The van der Waals surface area contributed by atoms with Crippen LogP contribution < -0.4 is 54.4 Å². The van der Waals surface area contributed by atoms with Gasteiger partial charge in [0, 0.05) is 45.0 Å². The molecule has 2 heterocycles. The van der Waals surface area contributed by atoms with Gasteiger partial charge in [0.05, 0.1) is 19.5 Å². The molecule has 384 valence electrons. The summed E-state index contributed by atoms with van der Waals surface area (Å²) < 4.78 is 0. The first-order chi connectivity index (χ1) is 32.7. The van der Waals surface area contributed by atoms with Crippen LogP contribution in [-0.2, 0) is 54.4 Å². The van der Waals surface area contributed by atoms with E-state index in [9.17, 15) is 53.1 Å². The standard InChI is InChI=1S/C44H72N14O11/c1-26(2)20-30(39(65)53-27(3)4)56-40(66)31(22-37(62)63)55-36(61)23-50-38(64)29(10-8-16-49-44(46)47)54-35(60)24-51-41(67)33(11-6-7-15-45)57(5)43(69)34-12-9-19-58(34)42(68)32(52-25-59)21-28-13-17-48-18-14-28/h13-14,17-18,25-27,29-34H,6-12,15-16,19-24,45H2,1-5H3,(H,50,64)(H,51,67)(H,52,59)(H,53,65)(H,54,60)(H,55,61)(H,56,66)(H,62,63)(H4,46,47,49)/t29?,30?,31?,32?,33?,34-/m1/s1. The molecule has 25 heteroatoms. The van der Waals surface area contributed by atoms with Crippen molar-refractivity contribution in [3.63, 3.8) is 0 Å². The molecule has 1 aliphatic heterocycles. The number of carboxylic acids is 1. The summed E-state index contributed by atoms with van der Waals surface area (Å²) in [6.45, 7) is 6.34. The Kier molecular flexibility index (Phi) is 25.7. The molecule has 1 aromatic heterocycles. The lowest BCUT2D eigenvalue weighted by molar-refractivity contribution is -0.148. The lowest BCUT2D eigenvalue weighted by Crippen LogP contribution is -2.57. The Morgan fingerprint density at radius 2 is 1.45 bits per heavy atom. The van der Waals surface area contributed by atoms with E-state index in [1.165, 1.54) is 16.8 Å². The van der Waals surface area contributed by atoms with Gasteiger partial charge in [0.1, 0.15) is 36.3 Å². The molecular formula is C44H72N14O11. The molecule has 1 saturated heterocycles. The number of likely N-dealkylation sites (tertiary alicyclic amines) is 1. The van der Waals surface area contributed by atoms with Gasteiger partial charge in [-0.3, -0.25) is 57.9 Å². The van der Waals surface area contributed by atoms with Crippen molar-refractivity contribution < 1.29 is 53.1 Å². The van der Waals surface area contributed by atoms with Crippen LogP contribution in [0.5, 0.6) is 0 Å². The van der Waals surface area contributed by atoms with E-state index in [1.54, 1.807) is 38.4 Å². The summed E-state index contributed by atoms with van der Waals surface area (Å²) in [7, 11) is 1.42. The third-order valence-electron chi connectivity index (χ3n) is 10.9. The second kappa shape index (κ2) is 30.5. The van der Waals surface area contributed by atoms with Crippen LogP contribution in [0.3, 0.4) is 0 Å². The largest absolute Gasteiger partial charge is 0.481 e. The molecule has 14 N–H and O–H groups in total. The molecule has 1 fully saturated rings. The number of aliphatic carboxylic acids is 1. The molecule has 1 aliphatic rings. The van der Waals surface area contributed by atoms with E-state index in [2.05, 4.69) is 47.2 Å². The number of aliphatic imine (C=N–C) groups is 1. The van der Waals surface area contributed by atoms with Crippen molar-refractivity contribution in [1.82, 2.24) is 52.0 Å². The number of likely N-dealkylation sites (N-methyl/N-ethyl adjacent to an activating group) is 1. The number of carbonyl (C=O) groups excluding carboxylic acids is 9. The number of aromatic nitrogens is 1. The van der Waals surface area contributed by atoms with Crippen molar-refractivity contribution in [3.8, 4) is 0 Å². The lowest BCUT2D eigenvalue weighted by Gasteiger charge is -2.34. The third-order valence-corrected chi connectivity index (χ3v) is 10.9. The molecule has 1 aromatic rings. The van der Waals surface area contributed by atoms with Crippen LogP contribution in [0, 0.1) is 5.92 Å². The average molecular weight is 973 g/mol. The average Bonchev–Trinajstić information content (AvgIpc) is 3.78. The molecule has 0 radical (unpaired) electrons. The van der Waals surface area contributed by atoms with Gasteiger partial charge in [-0.2, -0.15) is 0 Å². The fraction of sp³-hybridized carbons (Fsp3) is 0.636. The van der Waals surface area contributed by atoms with Gasteiger partial charge < -0.3 is 69.3 Å². The number of hydrogen-bond acceptors (Lipinski definition) is 13. The quantitative estimate of drug-likeness (QED) is 0.0149. The Morgan fingerprint density at radius 3 is 2.03 bits per heavy atom. The van der Waals surface area contributed by atoms with Crippen LogP contribution in [-0.4, -0.2) is 168 Å². The molecule has 2 rings (SSSR count). The third kappa shape index (κ3) is 21.3. The minimum atomic E-state index is -1.62. The van der Waals surface area contributed by atoms with E-state index in [1.807, 2.05) is 13.8 Å². The highest BCUT2D eigenvalue weighted by Crippen LogP contribution is 2.23. The molecule has 0 spiro atoms. The Balaban J connectivity index is 2.17. The van der Waals surface area contributed by atoms with Gasteiger partial charge in [-0.15, -0.1) is 0 Å². The first kappa shape index (κ1) is 58.2. The maximum absolute atomic E-state index is 14.1. The molecular weight excluding hydrogens is 901 g/mol. The molecule has 0 saturated carbocycles. The number of nitrogens with zero attached hydrogens (tertiary/aromatic N) is 4. The fourth-order valence-corrected chi connectivity index (χ4v) is 7.50. The van der Waals surface area contributed by atoms with Gasteiger partial charge in [-0.25, -0.2) is 0 Å². The Bertz CT molecular complexity index is 1930. The number of carboxylic acid groups (broad SMARTS) is 1. The summed E-state index contributed by atoms with van der Waals surface area (Å²) in [6, 6.07) is -3.79. The van der Waals surface area contributed by atoms with Crippen molar-refractivity contribution >= 4 is 65.6 Å². The number of nitrogens with one attached hydrogen (secondary N) is 7. The van der Waals surface area contributed by atoms with Crippen molar-refractivity contribution in [3.05, 3.63) is 30.1 Å². The van der Waals surface area contributed by atoms with E-state index in [0.29, 0.717) is 38.6 Å². The molecule has 9 amide bonds. The fourth-order valence-electron chi connectivity index (χ4n) is 7.50. The number of carbonyl (C=O) groups is 10. The van der Waals surface area contributed by atoms with Gasteiger partial charge in [-0.1, -0.05) is 13.8 Å². The SMILES string of the molecule is CC(C)CC(NC(=O)C(CC(=O)O)NC(=O)CNC(=O)C(CCCN=C(N)N)NC(=O)CNC(=O)C(CCCCN)N(C)C(=O)[C@H]1CCCN1C(=O)C(Cc1ccncc1)NC=O)C(=O)NC(C)C. The molecule has 0 aliphatic carbocycles. The molecule has 5 unspecified atom stereocenters. The summed E-state index contributed by atoms with van der Waals surface area (Å²) in [5, 5.41) is 26.9. The number of nitrogens with two attached hydrogens (primary N) is 3. The Labute approximate surface area is 402 Å². The maximum atomic E-state index is 14.1. The molecule has 6 atom stereocenters. The van der Waals surface area contributed by atoms with Crippen molar-refractivity contribution in [2.45, 2.75) is 134 Å². The van der Waals surface area contributed by atoms with E-state index < -0.39 is 109 Å². The molecule has 0 bridgehead atoms. The zero-order chi connectivity index (χ0) is 51.6. The van der Waals surface area contributed by atoms with Crippen LogP contribution in [0.1, 0.15) is 91.0 Å². The predicted octanol–water partition coefficient (Wildman–Crippen LogP) is -3.53. The topological polar surface area (TPSA) is 385 Å². The second-order valence-corrected chi connectivity index (χ2v) is 17.4. The number of unbranched alkanes of at least 4 members (excludes halogenated alkanes) is 1. The van der Waals surface area contributed by atoms with E-state index in [4.69, 9.17) is 17.2 Å². The smallest absolute Gasteiger partial charge is 0.305 e. The Morgan fingerprint density at radius 1 is 0.826 bits per heavy atom. The molecule has 25 nitrogen and oxygen atoms in total. The second-order valence-electron chi connectivity index (χ2n) is 17.4. The van der Waals surface area contributed by atoms with Gasteiger partial charge in [0.2, 0.25) is 53.7 Å². The first-order valence-corrected chi connectivity index (χ1v) is 23.1. The van der Waals surface area contributed by atoms with E-state index in [-0.39, 0.29) is 63.1 Å². The predicted molar refractivity (Wildman–Crippen MR) is 252 cm³/mol. The summed E-state index contributed by atoms with van der Waals surface area (Å²) in [4.78, 5) is 141.